The van der Waals surface area contributed by atoms with E-state index < -0.39 is 5.60 Å². The van der Waals surface area contributed by atoms with Crippen molar-refractivity contribution in [3.8, 4) is 0 Å². The summed E-state index contributed by atoms with van der Waals surface area (Å²) >= 11 is 0. The molecule has 1 saturated heterocycles. The number of amides is 1. The smallest absolute Gasteiger partial charge is 0.410 e. The van der Waals surface area contributed by atoms with E-state index in [1.165, 1.54) is 58.3 Å². The third-order valence-corrected chi connectivity index (χ3v) is 6.31. The molecule has 25 heavy (non-hydrogen) atoms. The van der Waals surface area contributed by atoms with Gasteiger partial charge in [0.1, 0.15) is 5.60 Å². The summed E-state index contributed by atoms with van der Waals surface area (Å²) in [5.41, 5.74) is -0.417. The second-order valence-electron chi connectivity index (χ2n) is 9.22. The molecule has 2 saturated carbocycles. The summed E-state index contributed by atoms with van der Waals surface area (Å²) in [7, 11) is 1.90. The van der Waals surface area contributed by atoms with Crippen LogP contribution in [0.5, 0.6) is 0 Å². The summed E-state index contributed by atoms with van der Waals surface area (Å²) in [6.07, 6.45) is 8.89. The van der Waals surface area contributed by atoms with E-state index in [-0.39, 0.29) is 6.09 Å². The van der Waals surface area contributed by atoms with Gasteiger partial charge in [0.2, 0.25) is 0 Å². The monoisotopic (exact) mass is 351 g/mol. The van der Waals surface area contributed by atoms with Crippen LogP contribution in [0.1, 0.15) is 65.7 Å². The zero-order valence-corrected chi connectivity index (χ0v) is 16.7. The molecule has 5 nitrogen and oxygen atoms in total. The summed E-state index contributed by atoms with van der Waals surface area (Å²) in [6.45, 7) is 10.6. The Kier molecular flexibility index (Phi) is 5.94. The number of hydrogen-bond acceptors (Lipinski definition) is 4. The van der Waals surface area contributed by atoms with Gasteiger partial charge in [0, 0.05) is 51.4 Å². The molecule has 5 heteroatoms. The van der Waals surface area contributed by atoms with Crippen LogP contribution in [0, 0.1) is 0 Å². The molecule has 0 aromatic rings. The van der Waals surface area contributed by atoms with E-state index in [1.54, 1.807) is 0 Å². The average molecular weight is 352 g/mol. The Morgan fingerprint density at radius 2 is 1.48 bits per heavy atom. The van der Waals surface area contributed by atoms with Crippen LogP contribution < -0.4 is 0 Å². The van der Waals surface area contributed by atoms with Gasteiger partial charge in [0.05, 0.1) is 0 Å². The number of carbonyl (C=O) groups excluding carboxylic acids is 1. The van der Waals surface area contributed by atoms with Crippen molar-refractivity contribution in [2.24, 2.45) is 0 Å². The van der Waals surface area contributed by atoms with Gasteiger partial charge in [-0.3, -0.25) is 9.80 Å². The zero-order valence-electron chi connectivity index (χ0n) is 16.7. The lowest BCUT2D eigenvalue weighted by Crippen LogP contribution is -2.52. The standard InChI is InChI=1S/C20H37N3O2/c1-20(2,3)25-19(24)21(4)17-9-10-18(15-17)23-13-11-22(12-14-23)16-7-5-6-8-16/h16-18H,5-15H2,1-4H3/t17-,18?/m0/s1. The minimum atomic E-state index is -0.417. The first-order valence-electron chi connectivity index (χ1n) is 10.3. The second-order valence-corrected chi connectivity index (χ2v) is 9.22. The van der Waals surface area contributed by atoms with E-state index in [9.17, 15) is 4.79 Å². The Morgan fingerprint density at radius 1 is 0.920 bits per heavy atom. The number of nitrogens with zero attached hydrogens (tertiary/aromatic N) is 3. The number of piperazine rings is 1. The van der Waals surface area contributed by atoms with E-state index in [0.29, 0.717) is 12.1 Å². The minimum absolute atomic E-state index is 0.177. The van der Waals surface area contributed by atoms with Gasteiger partial charge < -0.3 is 9.64 Å². The molecule has 3 fully saturated rings. The van der Waals surface area contributed by atoms with Gasteiger partial charge >= 0.3 is 6.09 Å². The Balaban J connectivity index is 1.44. The number of carbonyl (C=O) groups is 1. The van der Waals surface area contributed by atoms with Crippen LogP contribution in [-0.2, 0) is 4.74 Å². The van der Waals surface area contributed by atoms with Crippen LogP contribution in [0.4, 0.5) is 4.79 Å². The Morgan fingerprint density at radius 3 is 2.04 bits per heavy atom. The molecule has 1 aliphatic heterocycles. The van der Waals surface area contributed by atoms with Crippen LogP contribution in [0.15, 0.2) is 0 Å². The number of hydrogen-bond donors (Lipinski definition) is 0. The van der Waals surface area contributed by atoms with E-state index in [2.05, 4.69) is 9.80 Å². The molecule has 2 atom stereocenters. The first kappa shape index (κ1) is 19.0. The minimum Gasteiger partial charge on any atom is -0.444 e. The molecule has 3 rings (SSSR count). The first-order chi connectivity index (χ1) is 11.8. The molecule has 144 valence electrons. The van der Waals surface area contributed by atoms with Gasteiger partial charge in [0.15, 0.2) is 0 Å². The molecule has 0 radical (unpaired) electrons. The molecular weight excluding hydrogens is 314 g/mol. The SMILES string of the molecule is CN(C(=O)OC(C)(C)C)[C@H]1CCC(N2CCN(C3CCCC3)CC2)C1. The van der Waals surface area contributed by atoms with Gasteiger partial charge in [-0.15, -0.1) is 0 Å². The van der Waals surface area contributed by atoms with Crippen LogP contribution in [0.25, 0.3) is 0 Å². The number of rotatable bonds is 3. The van der Waals surface area contributed by atoms with Crippen LogP contribution in [0.2, 0.25) is 0 Å². The summed E-state index contributed by atoms with van der Waals surface area (Å²) < 4.78 is 5.53. The fourth-order valence-electron chi connectivity index (χ4n) is 4.84. The summed E-state index contributed by atoms with van der Waals surface area (Å²) in [5, 5.41) is 0. The van der Waals surface area contributed by atoms with Crippen molar-refractivity contribution < 1.29 is 9.53 Å². The van der Waals surface area contributed by atoms with Crippen molar-refractivity contribution in [2.45, 2.75) is 89.4 Å². The Hall–Kier alpha value is -0.810. The van der Waals surface area contributed by atoms with E-state index in [1.807, 2.05) is 32.7 Å². The third kappa shape index (κ3) is 4.88. The second kappa shape index (κ2) is 7.83. The van der Waals surface area contributed by atoms with Gasteiger partial charge in [-0.2, -0.15) is 0 Å². The van der Waals surface area contributed by atoms with Crippen LogP contribution in [-0.4, -0.2) is 77.7 Å². The summed E-state index contributed by atoms with van der Waals surface area (Å²) in [5.74, 6) is 0. The van der Waals surface area contributed by atoms with Crippen molar-refractivity contribution in [1.29, 1.82) is 0 Å². The van der Waals surface area contributed by atoms with E-state index in [0.717, 1.165) is 18.9 Å². The highest BCUT2D eigenvalue weighted by Crippen LogP contribution is 2.30. The fraction of sp³-hybridized carbons (Fsp3) is 0.950. The van der Waals surface area contributed by atoms with Crippen LogP contribution in [0.3, 0.4) is 0 Å². The molecule has 2 aliphatic carbocycles. The quantitative estimate of drug-likeness (QED) is 0.781. The lowest BCUT2D eigenvalue weighted by molar-refractivity contribution is 0.0212. The molecule has 0 spiro atoms. The molecule has 0 aromatic heterocycles. The molecule has 1 unspecified atom stereocenters. The Labute approximate surface area is 153 Å². The van der Waals surface area contributed by atoms with Gasteiger partial charge in [-0.05, 0) is 52.9 Å². The molecule has 1 amide bonds. The zero-order chi connectivity index (χ0) is 18.0. The van der Waals surface area contributed by atoms with Crippen molar-refractivity contribution in [2.75, 3.05) is 33.2 Å². The largest absolute Gasteiger partial charge is 0.444 e. The van der Waals surface area contributed by atoms with Crippen LogP contribution >= 0.6 is 0 Å². The Bertz CT molecular complexity index is 448. The van der Waals surface area contributed by atoms with E-state index in [4.69, 9.17) is 4.74 Å². The predicted molar refractivity (Wildman–Crippen MR) is 101 cm³/mol. The van der Waals surface area contributed by atoms with Crippen molar-refractivity contribution in [3.63, 3.8) is 0 Å². The van der Waals surface area contributed by atoms with Crippen molar-refractivity contribution in [3.05, 3.63) is 0 Å². The molecule has 0 N–H and O–H groups in total. The molecule has 1 heterocycles. The van der Waals surface area contributed by atoms with E-state index >= 15 is 0 Å². The van der Waals surface area contributed by atoms with Gasteiger partial charge in [0.25, 0.3) is 0 Å². The maximum atomic E-state index is 12.3. The highest BCUT2D eigenvalue weighted by atomic mass is 16.6. The van der Waals surface area contributed by atoms with Gasteiger partial charge in [-0.1, -0.05) is 12.8 Å². The predicted octanol–water partition coefficient (Wildman–Crippen LogP) is 3.33. The maximum Gasteiger partial charge on any atom is 0.410 e. The lowest BCUT2D eigenvalue weighted by atomic mass is 10.1. The molecular formula is C20H37N3O2. The topological polar surface area (TPSA) is 36.0 Å². The van der Waals surface area contributed by atoms with Crippen molar-refractivity contribution >= 4 is 6.09 Å². The number of ether oxygens (including phenoxy) is 1. The highest BCUT2D eigenvalue weighted by molar-refractivity contribution is 5.68. The normalized spacial score (nSPS) is 29.9. The molecule has 3 aliphatic rings. The summed E-state index contributed by atoms with van der Waals surface area (Å²) in [4.78, 5) is 19.5. The fourth-order valence-corrected chi connectivity index (χ4v) is 4.84. The third-order valence-electron chi connectivity index (χ3n) is 6.31. The lowest BCUT2D eigenvalue weighted by Gasteiger charge is -2.40. The molecule has 0 aromatic carbocycles. The van der Waals surface area contributed by atoms with Crippen molar-refractivity contribution in [1.82, 2.24) is 14.7 Å². The first-order valence-corrected chi connectivity index (χ1v) is 10.3. The summed E-state index contributed by atoms with van der Waals surface area (Å²) in [6, 6.07) is 1.82. The van der Waals surface area contributed by atoms with Gasteiger partial charge in [-0.25, -0.2) is 4.79 Å². The average Bonchev–Trinajstić information content (AvgIpc) is 3.24. The maximum absolute atomic E-state index is 12.3. The highest BCUT2D eigenvalue weighted by Gasteiger charge is 2.36. The molecule has 0 bridgehead atoms.